The first-order chi connectivity index (χ1) is 20.4. The summed E-state index contributed by atoms with van der Waals surface area (Å²) in [5.74, 6) is 0.146. The van der Waals surface area contributed by atoms with Crippen LogP contribution in [0.15, 0.2) is 73.1 Å². The highest BCUT2D eigenvalue weighted by Crippen LogP contribution is 2.27. The fourth-order valence-corrected chi connectivity index (χ4v) is 4.52. The second kappa shape index (κ2) is 13.3. The van der Waals surface area contributed by atoms with Gasteiger partial charge in [0.1, 0.15) is 17.3 Å². The van der Waals surface area contributed by atoms with Crippen LogP contribution < -0.4 is 15.4 Å². The largest absolute Gasteiger partial charge is 0.457 e. The Morgan fingerprint density at radius 1 is 1.05 bits per heavy atom. The third kappa shape index (κ3) is 7.31. The van der Waals surface area contributed by atoms with Crippen LogP contribution in [-0.4, -0.2) is 59.4 Å². The van der Waals surface area contributed by atoms with Gasteiger partial charge in [0.2, 0.25) is 0 Å². The number of hydrogen-bond acceptors (Lipinski definition) is 7. The molecule has 5 rings (SSSR count). The first-order valence-electron chi connectivity index (χ1n) is 13.7. The molecule has 1 aliphatic rings. The van der Waals surface area contributed by atoms with E-state index in [4.69, 9.17) is 14.2 Å². The molecule has 2 aromatic carbocycles. The van der Waals surface area contributed by atoms with Crippen molar-refractivity contribution >= 4 is 23.4 Å². The van der Waals surface area contributed by atoms with Crippen LogP contribution in [0.5, 0.6) is 11.5 Å². The Labute approximate surface area is 242 Å². The number of aromatic nitrogens is 2. The minimum absolute atomic E-state index is 0.102. The van der Waals surface area contributed by atoms with E-state index < -0.39 is 17.8 Å². The van der Waals surface area contributed by atoms with Crippen molar-refractivity contribution in [3.05, 3.63) is 90.0 Å². The Bertz CT molecular complexity index is 1530. The molecule has 0 bridgehead atoms. The molecule has 0 radical (unpaired) electrons. The third-order valence-corrected chi connectivity index (χ3v) is 6.69. The minimum atomic E-state index is -0.563. The summed E-state index contributed by atoms with van der Waals surface area (Å²) >= 11 is 0. The van der Waals surface area contributed by atoms with E-state index in [0.717, 1.165) is 18.7 Å². The summed E-state index contributed by atoms with van der Waals surface area (Å²) in [6.45, 7) is 6.51. The van der Waals surface area contributed by atoms with Crippen LogP contribution in [0.3, 0.4) is 0 Å². The number of amides is 2. The van der Waals surface area contributed by atoms with Crippen LogP contribution in [0, 0.1) is 12.7 Å². The molecule has 2 aromatic heterocycles. The number of aryl methyl sites for hydroxylation is 1. The topological polar surface area (TPSA) is 118 Å². The molecule has 3 N–H and O–H groups in total. The fourth-order valence-electron chi connectivity index (χ4n) is 4.52. The molecule has 0 aliphatic carbocycles. The molecule has 1 fully saturated rings. The first-order valence-corrected chi connectivity index (χ1v) is 13.7. The molecular weight excluding hydrogens is 541 g/mol. The molecule has 4 aromatic rings. The summed E-state index contributed by atoms with van der Waals surface area (Å²) in [6, 6.07) is 15.8. The molecule has 42 heavy (non-hydrogen) atoms. The van der Waals surface area contributed by atoms with Crippen molar-refractivity contribution in [2.75, 3.05) is 36.9 Å². The van der Waals surface area contributed by atoms with Gasteiger partial charge < -0.3 is 29.8 Å². The standard InChI is InChI=1S/C31H32FN5O5/c1-3-29(37-12-14-40-15-13-37)42-30(38)21-17-27(34-19-21)28-18-24(10-11-33-28)41-23-7-5-22(6-8-23)35-31(39)36-26-16-20(2)4-9-25(26)32/h4-11,16-19,29,34H,3,12-15H2,1-2H3,(H2,35,36,39). The van der Waals surface area contributed by atoms with Crippen molar-refractivity contribution in [1.82, 2.24) is 14.9 Å². The summed E-state index contributed by atoms with van der Waals surface area (Å²) in [5, 5.41) is 5.18. The Balaban J connectivity index is 1.18. The van der Waals surface area contributed by atoms with Crippen LogP contribution in [-0.2, 0) is 9.47 Å². The lowest BCUT2D eigenvalue weighted by atomic mass is 10.2. The molecule has 0 spiro atoms. The number of hydrogen-bond donors (Lipinski definition) is 3. The molecule has 2 amide bonds. The number of carbonyl (C=O) groups excluding carboxylic acids is 2. The summed E-state index contributed by atoms with van der Waals surface area (Å²) in [5.41, 5.74) is 3.07. The molecule has 3 heterocycles. The number of esters is 1. The smallest absolute Gasteiger partial charge is 0.341 e. The number of halogens is 1. The average Bonchev–Trinajstić information content (AvgIpc) is 3.50. The Hall–Kier alpha value is -4.74. The Kier molecular flexibility index (Phi) is 9.10. The normalized spacial score (nSPS) is 14.2. The van der Waals surface area contributed by atoms with E-state index in [1.165, 1.54) is 6.07 Å². The predicted octanol–water partition coefficient (Wildman–Crippen LogP) is 6.19. The fraction of sp³-hybridized carbons (Fsp3) is 0.258. The van der Waals surface area contributed by atoms with Gasteiger partial charge in [-0.1, -0.05) is 13.0 Å². The number of pyridine rings is 1. The zero-order valence-electron chi connectivity index (χ0n) is 23.4. The van der Waals surface area contributed by atoms with Crippen molar-refractivity contribution in [3.8, 4) is 22.9 Å². The van der Waals surface area contributed by atoms with Gasteiger partial charge >= 0.3 is 12.0 Å². The van der Waals surface area contributed by atoms with Crippen LogP contribution in [0.1, 0.15) is 29.3 Å². The second-order valence-corrected chi connectivity index (χ2v) is 9.78. The molecule has 218 valence electrons. The van der Waals surface area contributed by atoms with E-state index in [2.05, 4.69) is 25.5 Å². The lowest BCUT2D eigenvalue weighted by Gasteiger charge is -2.33. The summed E-state index contributed by atoms with van der Waals surface area (Å²) in [4.78, 5) is 34.7. The van der Waals surface area contributed by atoms with Gasteiger partial charge in [0.25, 0.3) is 0 Å². The quantitative estimate of drug-likeness (QED) is 0.205. The van der Waals surface area contributed by atoms with Gasteiger partial charge in [0, 0.05) is 37.2 Å². The number of anilines is 2. The van der Waals surface area contributed by atoms with E-state index in [-0.39, 0.29) is 11.9 Å². The third-order valence-electron chi connectivity index (χ3n) is 6.69. The highest BCUT2D eigenvalue weighted by Gasteiger charge is 2.24. The number of carbonyl (C=O) groups is 2. The predicted molar refractivity (Wildman–Crippen MR) is 156 cm³/mol. The van der Waals surface area contributed by atoms with Crippen molar-refractivity contribution in [2.45, 2.75) is 26.5 Å². The monoisotopic (exact) mass is 573 g/mol. The molecule has 1 aliphatic heterocycles. The molecule has 1 unspecified atom stereocenters. The van der Waals surface area contributed by atoms with Crippen molar-refractivity contribution in [3.63, 3.8) is 0 Å². The van der Waals surface area contributed by atoms with Gasteiger partial charge in [-0.2, -0.15) is 0 Å². The Morgan fingerprint density at radius 2 is 1.83 bits per heavy atom. The number of ether oxygens (including phenoxy) is 3. The van der Waals surface area contributed by atoms with Gasteiger partial charge in [0.05, 0.1) is 35.9 Å². The van der Waals surface area contributed by atoms with Gasteiger partial charge in [-0.3, -0.25) is 9.88 Å². The molecular formula is C31H32FN5O5. The van der Waals surface area contributed by atoms with Crippen LogP contribution in [0.25, 0.3) is 11.4 Å². The van der Waals surface area contributed by atoms with Crippen molar-refractivity contribution in [2.24, 2.45) is 0 Å². The Morgan fingerprint density at radius 3 is 2.60 bits per heavy atom. The zero-order chi connectivity index (χ0) is 29.5. The second-order valence-electron chi connectivity index (χ2n) is 9.78. The van der Waals surface area contributed by atoms with Gasteiger partial charge in [0.15, 0.2) is 6.23 Å². The highest BCUT2D eigenvalue weighted by atomic mass is 19.1. The lowest BCUT2D eigenvalue weighted by molar-refractivity contribution is -0.0729. The number of H-pyrrole nitrogens is 1. The zero-order valence-corrected chi connectivity index (χ0v) is 23.4. The number of rotatable bonds is 9. The highest BCUT2D eigenvalue weighted by molar-refractivity contribution is 5.99. The number of morpholine rings is 1. The first kappa shape index (κ1) is 28.8. The van der Waals surface area contributed by atoms with Crippen molar-refractivity contribution < 1.29 is 28.2 Å². The molecule has 11 heteroatoms. The number of nitrogens with one attached hydrogen (secondary N) is 3. The molecule has 0 saturated carbocycles. The maximum Gasteiger partial charge on any atom is 0.341 e. The average molecular weight is 574 g/mol. The van der Waals surface area contributed by atoms with E-state index in [1.807, 2.05) is 13.8 Å². The summed E-state index contributed by atoms with van der Waals surface area (Å²) in [7, 11) is 0. The van der Waals surface area contributed by atoms with E-state index >= 15 is 0 Å². The van der Waals surface area contributed by atoms with E-state index in [1.54, 1.807) is 67.0 Å². The number of urea groups is 1. The number of aromatic amines is 1. The van der Waals surface area contributed by atoms with Gasteiger partial charge in [-0.15, -0.1) is 0 Å². The maximum atomic E-state index is 13.9. The lowest BCUT2D eigenvalue weighted by Crippen LogP contribution is -2.45. The minimum Gasteiger partial charge on any atom is -0.457 e. The molecule has 1 saturated heterocycles. The summed E-state index contributed by atoms with van der Waals surface area (Å²) < 4.78 is 31.1. The number of benzene rings is 2. The molecule has 1 atom stereocenters. The SMILES string of the molecule is CCC(OC(=O)c1c[nH]c(-c2cc(Oc3ccc(NC(=O)Nc4cc(C)ccc4F)cc3)ccn2)c1)N1CCOCC1. The van der Waals surface area contributed by atoms with Crippen molar-refractivity contribution in [1.29, 1.82) is 0 Å². The van der Waals surface area contributed by atoms with Crippen LogP contribution >= 0.6 is 0 Å². The van der Waals surface area contributed by atoms with Gasteiger partial charge in [-0.05, 0) is 67.4 Å². The summed E-state index contributed by atoms with van der Waals surface area (Å²) in [6.07, 6.45) is 3.59. The van der Waals surface area contributed by atoms with Crippen LogP contribution in [0.4, 0.5) is 20.6 Å². The van der Waals surface area contributed by atoms with E-state index in [0.29, 0.717) is 53.8 Å². The molecule has 10 nitrogen and oxygen atoms in total. The maximum absolute atomic E-state index is 13.9. The number of nitrogens with zero attached hydrogens (tertiary/aromatic N) is 2. The van der Waals surface area contributed by atoms with Gasteiger partial charge in [-0.25, -0.2) is 14.0 Å². The van der Waals surface area contributed by atoms with Crippen LogP contribution in [0.2, 0.25) is 0 Å². The van der Waals surface area contributed by atoms with E-state index in [9.17, 15) is 14.0 Å².